The molecule has 0 radical (unpaired) electrons. The molecule has 0 bridgehead atoms. The number of nitrogens with one attached hydrogen (secondary N) is 3. The van der Waals surface area contributed by atoms with Gasteiger partial charge in [0, 0.05) is 84.9 Å². The lowest BCUT2D eigenvalue weighted by molar-refractivity contribution is -0.136. The van der Waals surface area contributed by atoms with Crippen LogP contribution in [0.2, 0.25) is 0 Å². The lowest BCUT2D eigenvalue weighted by Gasteiger charge is -2.47. The summed E-state index contributed by atoms with van der Waals surface area (Å²) in [7, 11) is 1.21. The summed E-state index contributed by atoms with van der Waals surface area (Å²) >= 11 is 3.65. The molecule has 1 spiro atoms. The van der Waals surface area contributed by atoms with E-state index in [0.717, 1.165) is 101 Å². The number of carbonyl (C=O) groups is 3. The molecule has 342 valence electrons. The number of amides is 3. The van der Waals surface area contributed by atoms with E-state index in [0.29, 0.717) is 35.7 Å². The molecule has 14 nitrogen and oxygen atoms in total. The van der Waals surface area contributed by atoms with Crippen LogP contribution in [0.1, 0.15) is 84.8 Å². The molecule has 9 rings (SSSR count). The predicted molar refractivity (Wildman–Crippen MR) is 265 cm³/mol. The number of fused-ring (bicyclic) bond motifs is 2. The summed E-state index contributed by atoms with van der Waals surface area (Å²) in [6.45, 7) is 12.3. The third kappa shape index (κ3) is 9.59. The minimum absolute atomic E-state index is 0.167. The van der Waals surface area contributed by atoms with Crippen molar-refractivity contribution < 1.29 is 19.1 Å². The second kappa shape index (κ2) is 19.7. The van der Waals surface area contributed by atoms with Crippen molar-refractivity contribution in [3.8, 4) is 17.6 Å². The van der Waals surface area contributed by atoms with Gasteiger partial charge in [-0.2, -0.15) is 4.98 Å². The minimum Gasteiger partial charge on any atom is -0.494 e. The van der Waals surface area contributed by atoms with E-state index < -0.39 is 19.9 Å². The van der Waals surface area contributed by atoms with Gasteiger partial charge in [-0.1, -0.05) is 25.8 Å². The summed E-state index contributed by atoms with van der Waals surface area (Å²) in [5.41, 5.74) is 8.62. The van der Waals surface area contributed by atoms with Gasteiger partial charge in [0.25, 0.3) is 5.91 Å². The van der Waals surface area contributed by atoms with Crippen molar-refractivity contribution in [1.29, 1.82) is 0 Å². The molecule has 3 amide bonds. The highest BCUT2D eigenvalue weighted by Crippen LogP contribution is 2.44. The number of piperidine rings is 3. The number of aromatic nitrogens is 4. The number of carbonyl (C=O) groups excluding carboxylic acids is 3. The smallest absolute Gasteiger partial charge is 0.255 e. The number of ether oxygens (including phenoxy) is 1. The van der Waals surface area contributed by atoms with Crippen LogP contribution in [0.25, 0.3) is 11.0 Å². The predicted octanol–water partition coefficient (Wildman–Crippen LogP) is 8.02. The second-order valence-electron chi connectivity index (χ2n) is 18.1. The Kier molecular flexibility index (Phi) is 13.5. The molecule has 1 atom stereocenters. The number of methoxy groups -OCH3 is 1. The number of rotatable bonds is 12. The van der Waals surface area contributed by atoms with E-state index in [2.05, 4.69) is 101 Å². The van der Waals surface area contributed by atoms with Crippen LogP contribution in [-0.4, -0.2) is 107 Å². The third-order valence-corrected chi connectivity index (χ3v) is 15.7. The van der Waals surface area contributed by atoms with Crippen LogP contribution in [0.5, 0.6) is 5.75 Å². The van der Waals surface area contributed by atoms with Gasteiger partial charge in [0.1, 0.15) is 17.6 Å². The molecule has 4 aliphatic rings. The van der Waals surface area contributed by atoms with Gasteiger partial charge >= 0.3 is 0 Å². The average molecular weight is 972 g/mol. The lowest BCUT2D eigenvalue weighted by Crippen LogP contribution is -2.52. The second-order valence-corrected chi connectivity index (χ2v) is 21.2. The van der Waals surface area contributed by atoms with Gasteiger partial charge in [0.2, 0.25) is 17.8 Å². The van der Waals surface area contributed by atoms with Gasteiger partial charge in [0.15, 0.2) is 0 Å². The monoisotopic (exact) mass is 970 g/mol. The average Bonchev–Trinajstić information content (AvgIpc) is 3.65. The molecule has 0 aliphatic carbocycles. The summed E-state index contributed by atoms with van der Waals surface area (Å²) < 4.78 is 6.70. The van der Waals surface area contributed by atoms with Crippen molar-refractivity contribution in [2.24, 2.45) is 5.41 Å². The maximum Gasteiger partial charge on any atom is 0.255 e. The number of imide groups is 1. The molecule has 0 saturated carbocycles. The summed E-state index contributed by atoms with van der Waals surface area (Å²) in [5.74, 6) is 7.66. The van der Waals surface area contributed by atoms with E-state index in [4.69, 9.17) is 9.72 Å². The van der Waals surface area contributed by atoms with E-state index in [1.807, 2.05) is 24.3 Å². The zero-order chi connectivity index (χ0) is 46.0. The highest BCUT2D eigenvalue weighted by Gasteiger charge is 2.40. The first-order chi connectivity index (χ1) is 32.0. The number of hydrogen-bond donors (Lipinski definition) is 3. The van der Waals surface area contributed by atoms with E-state index in [9.17, 15) is 14.4 Å². The first-order valence-corrected chi connectivity index (χ1v) is 25.9. The van der Waals surface area contributed by atoms with Crippen molar-refractivity contribution >= 4 is 86.7 Å². The molecule has 5 aromatic rings. The van der Waals surface area contributed by atoms with E-state index in [-0.39, 0.29) is 18.2 Å². The van der Waals surface area contributed by atoms with Gasteiger partial charge in [-0.05, 0) is 148 Å². The number of likely N-dealkylation sites (tertiary alicyclic amines) is 1. The molecule has 3 fully saturated rings. The first kappa shape index (κ1) is 45.5. The highest BCUT2D eigenvalue weighted by atomic mass is 79.9. The van der Waals surface area contributed by atoms with Crippen LogP contribution in [0, 0.1) is 24.2 Å². The minimum atomic E-state index is -0.624. The van der Waals surface area contributed by atoms with Crippen molar-refractivity contribution in [3.63, 3.8) is 0 Å². The summed E-state index contributed by atoms with van der Waals surface area (Å²) in [5, 5.41) is 10.5. The molecular formula is C50H56BrN10O4P. The summed E-state index contributed by atoms with van der Waals surface area (Å²) in [6, 6.07) is 13.3. The quantitative estimate of drug-likeness (QED) is 0.0480. The van der Waals surface area contributed by atoms with Crippen LogP contribution >= 0.6 is 23.9 Å². The van der Waals surface area contributed by atoms with Crippen LogP contribution in [0.4, 0.5) is 28.8 Å². The Bertz CT molecular complexity index is 2740. The van der Waals surface area contributed by atoms with Crippen LogP contribution in [0.15, 0.2) is 65.5 Å². The van der Waals surface area contributed by atoms with Crippen molar-refractivity contribution in [2.75, 3.05) is 68.7 Å². The van der Waals surface area contributed by atoms with Crippen molar-refractivity contribution in [1.82, 2.24) is 35.1 Å². The van der Waals surface area contributed by atoms with Gasteiger partial charge in [-0.15, -0.1) is 0 Å². The van der Waals surface area contributed by atoms with Gasteiger partial charge in [-0.25, -0.2) is 4.98 Å². The number of benzene rings is 3. The van der Waals surface area contributed by atoms with Crippen LogP contribution in [0.3, 0.4) is 0 Å². The van der Waals surface area contributed by atoms with Crippen LogP contribution < -0.4 is 30.9 Å². The molecule has 16 heteroatoms. The molecule has 4 aliphatic heterocycles. The fourth-order valence-electron chi connectivity index (χ4n) is 10.0. The number of anilines is 5. The maximum atomic E-state index is 13.2. The fraction of sp³-hybridized carbons (Fsp3) is 0.420. The molecule has 66 heavy (non-hydrogen) atoms. The van der Waals surface area contributed by atoms with Crippen molar-refractivity contribution in [2.45, 2.75) is 77.3 Å². The Labute approximate surface area is 396 Å². The fourth-order valence-corrected chi connectivity index (χ4v) is 11.5. The summed E-state index contributed by atoms with van der Waals surface area (Å²) in [6.07, 6.45) is 13.6. The third-order valence-electron chi connectivity index (χ3n) is 13.7. The Balaban J connectivity index is 0.747. The largest absolute Gasteiger partial charge is 0.494 e. The van der Waals surface area contributed by atoms with Crippen LogP contribution in [-0.2, 0) is 16.1 Å². The molecule has 1 unspecified atom stereocenters. The van der Waals surface area contributed by atoms with E-state index >= 15 is 0 Å². The zero-order valence-corrected chi connectivity index (χ0v) is 40.5. The van der Waals surface area contributed by atoms with E-state index in [1.165, 1.54) is 36.9 Å². The standard InChI is InChI=1S/C50H56BrN10O4P/c1-32-28-39(56-49-54-30-36(51)46(58-49)55-38-14-13-37-44(45(38)66(3)4)53-22-21-52-37)42(65-2)29-41(32)60-26-19-50(20-27-60)17-24-59(25-18-50)23-8-6-5-7-10-33-11-9-12-34-35(33)31-61(48(34)64)40-15-16-43(62)57-47(40)63/h9,11-14,21-22,28-30,40H,5-6,8,15-20,23-27,31H2,1-4H3,(H,57,62,63)(H2,54,55,56,58). The first-order valence-electron chi connectivity index (χ1n) is 22.9. The van der Waals surface area contributed by atoms with Gasteiger partial charge in [-0.3, -0.25) is 29.7 Å². The molecule has 3 aromatic carbocycles. The lowest BCUT2D eigenvalue weighted by atomic mass is 9.71. The number of nitrogens with zero attached hydrogens (tertiary/aromatic N) is 7. The molecule has 3 saturated heterocycles. The Morgan fingerprint density at radius 2 is 1.74 bits per heavy atom. The normalized spacial score (nSPS) is 18.3. The molecule has 2 aromatic heterocycles. The van der Waals surface area contributed by atoms with E-state index in [1.54, 1.807) is 36.7 Å². The zero-order valence-electron chi connectivity index (χ0n) is 38.0. The summed E-state index contributed by atoms with van der Waals surface area (Å²) in [4.78, 5) is 62.7. The van der Waals surface area contributed by atoms with Gasteiger partial charge < -0.3 is 30.1 Å². The molecule has 6 heterocycles. The Hall–Kier alpha value is -5.68. The topological polar surface area (TPSA) is 158 Å². The van der Waals surface area contributed by atoms with Crippen molar-refractivity contribution in [3.05, 3.63) is 87.8 Å². The number of unbranched alkanes of at least 4 members (excludes halogenated alkanes) is 2. The number of hydrogen-bond acceptors (Lipinski definition) is 12. The number of halogens is 1. The van der Waals surface area contributed by atoms with Gasteiger partial charge in [0.05, 0.1) is 28.3 Å². The molecular weight excluding hydrogens is 915 g/mol. The Morgan fingerprint density at radius 3 is 2.52 bits per heavy atom. The Morgan fingerprint density at radius 1 is 0.955 bits per heavy atom. The maximum absolute atomic E-state index is 13.2. The SMILES string of the molecule is COc1cc(N2CCC3(CCN(CCCCC#Cc4cccc5c4CN(C4CCC(=O)NC4=O)C5=O)CC3)CC2)c(C)cc1Nc1ncc(Br)c(Nc2ccc3nccnc3c2P(C)C)n1. The highest BCUT2D eigenvalue weighted by molar-refractivity contribution is 9.10. The number of aryl methyl sites for hydroxylation is 1. The molecule has 3 N–H and O–H groups in total.